The van der Waals surface area contributed by atoms with Gasteiger partial charge >= 0.3 is 0 Å². The molecule has 0 radical (unpaired) electrons. The molecule has 0 saturated carbocycles. The second-order valence-electron chi connectivity index (χ2n) is 5.98. The predicted octanol–water partition coefficient (Wildman–Crippen LogP) is 3.38. The number of primary amides is 1. The van der Waals surface area contributed by atoms with Crippen molar-refractivity contribution < 1.29 is 14.3 Å². The van der Waals surface area contributed by atoms with Gasteiger partial charge in [0.05, 0.1) is 17.6 Å². The molecule has 3 rings (SSSR count). The molecule has 10 heteroatoms. The lowest BCUT2D eigenvalue weighted by atomic mass is 10.2. The van der Waals surface area contributed by atoms with Gasteiger partial charge in [0.2, 0.25) is 4.77 Å². The van der Waals surface area contributed by atoms with Crippen LogP contribution < -0.4 is 20.6 Å². The fraction of sp³-hybridized carbons (Fsp3) is 0.211. The first-order chi connectivity index (χ1) is 14.0. The predicted molar refractivity (Wildman–Crippen MR) is 116 cm³/mol. The molecule has 8 nitrogen and oxygen atoms in total. The Morgan fingerprint density at radius 2 is 2.07 bits per heavy atom. The van der Waals surface area contributed by atoms with Gasteiger partial charge in [0.25, 0.3) is 5.91 Å². The Hall–Kier alpha value is -2.85. The first kappa shape index (κ1) is 20.9. The SMILES string of the molecule is CCOc1cc(CNn2c(-c3ccccc3)n[nH]c2=S)cc(Br)c1OCC(N)=O. The normalized spacial score (nSPS) is 10.6. The van der Waals surface area contributed by atoms with Crippen LogP contribution in [0, 0.1) is 4.77 Å². The number of carbonyl (C=O) groups is 1. The number of hydrogen-bond acceptors (Lipinski definition) is 6. The Morgan fingerprint density at radius 3 is 2.76 bits per heavy atom. The smallest absolute Gasteiger partial charge is 0.255 e. The quantitative estimate of drug-likeness (QED) is 0.407. The number of amides is 1. The molecular formula is C19H20BrN5O3S. The number of aromatic nitrogens is 3. The number of nitrogens with two attached hydrogens (primary N) is 1. The van der Waals surface area contributed by atoms with E-state index in [-0.39, 0.29) is 6.61 Å². The van der Waals surface area contributed by atoms with Gasteiger partial charge in [-0.3, -0.25) is 4.79 Å². The summed E-state index contributed by atoms with van der Waals surface area (Å²) in [7, 11) is 0. The molecule has 0 spiro atoms. The van der Waals surface area contributed by atoms with Gasteiger partial charge in [-0.2, -0.15) is 5.10 Å². The van der Waals surface area contributed by atoms with Gasteiger partial charge in [0.15, 0.2) is 23.9 Å². The Morgan fingerprint density at radius 1 is 1.31 bits per heavy atom. The van der Waals surface area contributed by atoms with Crippen molar-refractivity contribution in [2.45, 2.75) is 13.5 Å². The fourth-order valence-corrected chi connectivity index (χ4v) is 3.47. The van der Waals surface area contributed by atoms with E-state index in [1.54, 1.807) is 4.68 Å². The molecule has 152 valence electrons. The van der Waals surface area contributed by atoms with E-state index >= 15 is 0 Å². The number of ether oxygens (including phenoxy) is 2. The number of carbonyl (C=O) groups excluding carboxylic acids is 1. The zero-order chi connectivity index (χ0) is 20.8. The average Bonchev–Trinajstić information content (AvgIpc) is 3.07. The summed E-state index contributed by atoms with van der Waals surface area (Å²) in [6.07, 6.45) is 0. The largest absolute Gasteiger partial charge is 0.490 e. The van der Waals surface area contributed by atoms with E-state index in [1.165, 1.54) is 0 Å². The van der Waals surface area contributed by atoms with E-state index in [0.29, 0.717) is 39.7 Å². The van der Waals surface area contributed by atoms with E-state index in [2.05, 4.69) is 31.6 Å². The minimum absolute atomic E-state index is 0.235. The second-order valence-corrected chi connectivity index (χ2v) is 7.22. The molecular weight excluding hydrogens is 458 g/mol. The summed E-state index contributed by atoms with van der Waals surface area (Å²) < 4.78 is 14.0. The van der Waals surface area contributed by atoms with E-state index in [0.717, 1.165) is 11.1 Å². The lowest BCUT2D eigenvalue weighted by Gasteiger charge is -2.16. The molecule has 2 aromatic carbocycles. The molecule has 3 aromatic rings. The number of nitrogens with one attached hydrogen (secondary N) is 2. The van der Waals surface area contributed by atoms with Gasteiger partial charge in [-0.1, -0.05) is 30.3 Å². The van der Waals surface area contributed by atoms with Crippen molar-refractivity contribution in [3.8, 4) is 22.9 Å². The molecule has 0 atom stereocenters. The lowest BCUT2D eigenvalue weighted by Crippen LogP contribution is -2.20. The van der Waals surface area contributed by atoms with E-state index in [1.807, 2.05) is 49.4 Å². The van der Waals surface area contributed by atoms with Crippen LogP contribution in [0.15, 0.2) is 46.9 Å². The van der Waals surface area contributed by atoms with Crippen LogP contribution in [0.1, 0.15) is 12.5 Å². The highest BCUT2D eigenvalue weighted by Gasteiger charge is 2.14. The maximum Gasteiger partial charge on any atom is 0.255 e. The number of rotatable bonds is 9. The van der Waals surface area contributed by atoms with Gasteiger partial charge in [0, 0.05) is 5.56 Å². The molecule has 0 aliphatic carbocycles. The van der Waals surface area contributed by atoms with Crippen LogP contribution >= 0.6 is 28.1 Å². The molecule has 0 bridgehead atoms. The Kier molecular flexibility index (Phi) is 6.89. The topological polar surface area (TPSA) is 107 Å². The number of hydrogen-bond donors (Lipinski definition) is 3. The molecule has 1 aromatic heterocycles. The van der Waals surface area contributed by atoms with Gasteiger partial charge in [-0.15, -0.1) is 0 Å². The Bertz CT molecular complexity index is 1050. The standard InChI is InChI=1S/C19H20BrN5O3S/c1-2-27-15-9-12(8-14(20)17(15)28-11-16(21)26)10-22-25-18(23-24-19(25)29)13-6-4-3-5-7-13/h3-9,22H,2,10-11H2,1H3,(H2,21,26)(H,24,29). The van der Waals surface area contributed by atoms with Gasteiger partial charge < -0.3 is 20.6 Å². The summed E-state index contributed by atoms with van der Waals surface area (Å²) in [5.41, 5.74) is 10.3. The second kappa shape index (κ2) is 9.57. The molecule has 29 heavy (non-hydrogen) atoms. The molecule has 4 N–H and O–H groups in total. The van der Waals surface area contributed by atoms with Crippen molar-refractivity contribution in [2.24, 2.45) is 5.73 Å². The number of H-pyrrole nitrogens is 1. The minimum Gasteiger partial charge on any atom is -0.490 e. The number of halogens is 1. The third-order valence-corrected chi connectivity index (χ3v) is 4.74. The van der Waals surface area contributed by atoms with E-state index < -0.39 is 5.91 Å². The third-order valence-electron chi connectivity index (χ3n) is 3.87. The van der Waals surface area contributed by atoms with Gasteiger partial charge in [-0.05, 0) is 52.8 Å². The zero-order valence-corrected chi connectivity index (χ0v) is 18.0. The minimum atomic E-state index is -0.562. The summed E-state index contributed by atoms with van der Waals surface area (Å²) in [6, 6.07) is 13.4. The molecule has 1 heterocycles. The lowest BCUT2D eigenvalue weighted by molar-refractivity contribution is -0.119. The summed E-state index contributed by atoms with van der Waals surface area (Å²) >= 11 is 8.82. The first-order valence-corrected chi connectivity index (χ1v) is 10.0. The highest BCUT2D eigenvalue weighted by Crippen LogP contribution is 2.37. The fourth-order valence-electron chi connectivity index (χ4n) is 2.66. The molecule has 0 aliphatic rings. The maximum atomic E-state index is 11.0. The van der Waals surface area contributed by atoms with Crippen molar-refractivity contribution in [2.75, 3.05) is 18.6 Å². The molecule has 0 saturated heterocycles. The van der Waals surface area contributed by atoms with Crippen molar-refractivity contribution in [1.82, 2.24) is 14.9 Å². The zero-order valence-electron chi connectivity index (χ0n) is 15.6. The Labute approximate surface area is 181 Å². The first-order valence-electron chi connectivity index (χ1n) is 8.82. The molecule has 0 unspecified atom stereocenters. The van der Waals surface area contributed by atoms with E-state index in [9.17, 15) is 4.79 Å². The van der Waals surface area contributed by atoms with Gasteiger partial charge in [-0.25, -0.2) is 9.77 Å². The Balaban J connectivity index is 1.84. The number of benzene rings is 2. The molecule has 0 fully saturated rings. The third kappa shape index (κ3) is 5.15. The van der Waals surface area contributed by atoms with Crippen LogP contribution in [-0.2, 0) is 11.3 Å². The van der Waals surface area contributed by atoms with Crippen LogP contribution in [0.2, 0.25) is 0 Å². The highest BCUT2D eigenvalue weighted by atomic mass is 79.9. The van der Waals surface area contributed by atoms with Crippen molar-refractivity contribution >= 4 is 34.1 Å². The summed E-state index contributed by atoms with van der Waals surface area (Å²) in [5.74, 6) is 1.06. The van der Waals surface area contributed by atoms with E-state index in [4.69, 9.17) is 27.4 Å². The van der Waals surface area contributed by atoms with Crippen molar-refractivity contribution in [1.29, 1.82) is 0 Å². The number of aromatic amines is 1. The van der Waals surface area contributed by atoms with Crippen LogP contribution in [0.25, 0.3) is 11.4 Å². The summed E-state index contributed by atoms with van der Waals surface area (Å²) in [5, 5.41) is 7.11. The van der Waals surface area contributed by atoms with Crippen LogP contribution in [0.4, 0.5) is 0 Å². The van der Waals surface area contributed by atoms with Gasteiger partial charge in [0.1, 0.15) is 0 Å². The van der Waals surface area contributed by atoms with Crippen LogP contribution in [-0.4, -0.2) is 34.0 Å². The van der Waals surface area contributed by atoms with Crippen molar-refractivity contribution in [3.05, 3.63) is 57.3 Å². The monoisotopic (exact) mass is 477 g/mol. The molecule has 1 amide bonds. The molecule has 0 aliphatic heterocycles. The van der Waals surface area contributed by atoms with Crippen molar-refractivity contribution in [3.63, 3.8) is 0 Å². The number of nitrogens with zero attached hydrogens (tertiary/aromatic N) is 2. The van der Waals surface area contributed by atoms with Crippen LogP contribution in [0.5, 0.6) is 11.5 Å². The summed E-state index contributed by atoms with van der Waals surface area (Å²) in [4.78, 5) is 11.0. The maximum absolute atomic E-state index is 11.0. The van der Waals surface area contributed by atoms with Crippen LogP contribution in [0.3, 0.4) is 0 Å². The highest BCUT2D eigenvalue weighted by molar-refractivity contribution is 9.10. The average molecular weight is 478 g/mol. The summed E-state index contributed by atoms with van der Waals surface area (Å²) in [6.45, 7) is 2.53.